The number of carbonyl (C=O) groups excluding carboxylic acids is 2. The summed E-state index contributed by atoms with van der Waals surface area (Å²) in [4.78, 5) is 27.8. The molecule has 48 heavy (non-hydrogen) atoms. The lowest BCUT2D eigenvalue weighted by Crippen LogP contribution is -2.50. The van der Waals surface area contributed by atoms with Gasteiger partial charge in [-0.1, -0.05) is 23.7 Å². The Balaban J connectivity index is 1.41. The number of anilines is 1. The molecule has 260 valence electrons. The van der Waals surface area contributed by atoms with Gasteiger partial charge >= 0.3 is 6.09 Å². The van der Waals surface area contributed by atoms with Crippen molar-refractivity contribution in [2.24, 2.45) is 11.8 Å². The number of aryl methyl sites for hydroxylation is 1. The lowest BCUT2D eigenvalue weighted by molar-refractivity contribution is -0.139. The van der Waals surface area contributed by atoms with Gasteiger partial charge in [0, 0.05) is 29.4 Å². The van der Waals surface area contributed by atoms with Crippen LogP contribution in [0.25, 0.3) is 0 Å². The fourth-order valence-electron chi connectivity index (χ4n) is 7.21. The third-order valence-electron chi connectivity index (χ3n) is 9.96. The number of carbonyl (C=O) groups is 2. The molecule has 6 rings (SSSR count). The Hall–Kier alpha value is -3.42. The maximum absolute atomic E-state index is 13.6. The molecule has 0 unspecified atom stereocenters. The highest BCUT2D eigenvalue weighted by Gasteiger charge is 2.45. The van der Waals surface area contributed by atoms with Crippen LogP contribution in [-0.2, 0) is 36.1 Å². The summed E-state index contributed by atoms with van der Waals surface area (Å²) in [5.41, 5.74) is 0.910. The van der Waals surface area contributed by atoms with Crippen molar-refractivity contribution in [2.45, 2.75) is 74.4 Å². The molecule has 4 atom stereocenters. The lowest BCUT2D eigenvalue weighted by Gasteiger charge is -2.46. The maximum Gasteiger partial charge on any atom is 0.407 e. The number of benzene rings is 2. The van der Waals surface area contributed by atoms with Crippen LogP contribution in [-0.4, -0.2) is 71.4 Å². The van der Waals surface area contributed by atoms with Gasteiger partial charge in [-0.2, -0.15) is 0 Å². The number of amides is 2. The van der Waals surface area contributed by atoms with Crippen molar-refractivity contribution in [3.05, 3.63) is 64.7 Å². The zero-order valence-electron chi connectivity index (χ0n) is 26.8. The topological polar surface area (TPSA) is 123 Å². The van der Waals surface area contributed by atoms with E-state index in [1.54, 1.807) is 18.2 Å². The number of hydrogen-bond donors (Lipinski definition) is 2. The van der Waals surface area contributed by atoms with E-state index >= 15 is 0 Å². The largest absolute Gasteiger partial charge is 0.490 e. The van der Waals surface area contributed by atoms with E-state index in [0.717, 1.165) is 36.8 Å². The minimum absolute atomic E-state index is 0.00376. The molecule has 2 amide bonds. The Morgan fingerprint density at radius 3 is 2.77 bits per heavy atom. The summed E-state index contributed by atoms with van der Waals surface area (Å²) >= 11 is 6.38. The minimum atomic E-state index is -4.29. The minimum Gasteiger partial charge on any atom is -0.490 e. The van der Waals surface area contributed by atoms with Crippen LogP contribution in [0.5, 0.6) is 5.75 Å². The van der Waals surface area contributed by atoms with Crippen molar-refractivity contribution < 1.29 is 41.0 Å². The molecular formula is C34H40ClF2N3O7S. The molecular weight excluding hydrogens is 668 g/mol. The summed E-state index contributed by atoms with van der Waals surface area (Å²) in [6.45, 7) is 3.34. The summed E-state index contributed by atoms with van der Waals surface area (Å²) in [6.07, 6.45) is 2.98. The van der Waals surface area contributed by atoms with Crippen molar-refractivity contribution in [1.29, 1.82) is 0 Å². The number of nitrogens with one attached hydrogen (secondary N) is 2. The molecule has 0 aromatic heterocycles. The molecule has 1 saturated carbocycles. The summed E-state index contributed by atoms with van der Waals surface area (Å²) in [5.74, 6) is -0.501. The summed E-state index contributed by atoms with van der Waals surface area (Å²) in [5, 5.41) is 2.77. The van der Waals surface area contributed by atoms with E-state index in [0.29, 0.717) is 42.6 Å². The smallest absolute Gasteiger partial charge is 0.407 e. The maximum atomic E-state index is 13.6. The summed E-state index contributed by atoms with van der Waals surface area (Å²) in [6, 6.07) is 10.5. The van der Waals surface area contributed by atoms with Crippen LogP contribution >= 0.6 is 11.6 Å². The van der Waals surface area contributed by atoms with Gasteiger partial charge < -0.3 is 24.4 Å². The van der Waals surface area contributed by atoms with Crippen molar-refractivity contribution in [1.82, 2.24) is 10.0 Å². The fourth-order valence-corrected chi connectivity index (χ4v) is 8.53. The second-order valence-electron chi connectivity index (χ2n) is 13.6. The van der Waals surface area contributed by atoms with Gasteiger partial charge in [-0.25, -0.2) is 26.7 Å². The van der Waals surface area contributed by atoms with E-state index in [-0.39, 0.29) is 23.3 Å². The normalized spacial score (nSPS) is 28.5. The second-order valence-corrected chi connectivity index (χ2v) is 15.7. The molecule has 2 bridgehead atoms. The average molecular weight is 708 g/mol. The number of alkyl carbamates (subject to hydrolysis) is 1. The standard InChI is InChI=1S/C34H40ClF2N3O7S/c1-33(2)31(41)39-48(43,44)24-9-12-29-27(16-24)40(19-34(20-45-29)13-3-5-21-15-23(35)8-11-26(21)34)18-22-7-10-25(22)28(6-4-14-46-33)47-32(42)38-17-30(36)37/h4,6,8-9,11-12,15-16,22,25,28,30H,3,5,7,10,13-14,17-20H2,1-2H3,(H,38,42)(H,39,41)/b6-4+/t22-,25+,28-,34-/m0/s1. The fraction of sp³-hybridized carbons (Fsp3) is 0.529. The van der Waals surface area contributed by atoms with Crippen LogP contribution in [0.15, 0.2) is 53.4 Å². The van der Waals surface area contributed by atoms with E-state index < -0.39 is 52.1 Å². The van der Waals surface area contributed by atoms with Gasteiger partial charge in [-0.15, -0.1) is 0 Å². The highest BCUT2D eigenvalue weighted by Crippen LogP contribution is 2.47. The first-order valence-corrected chi connectivity index (χ1v) is 18.0. The third kappa shape index (κ3) is 7.13. The van der Waals surface area contributed by atoms with E-state index in [2.05, 4.69) is 21.0 Å². The SMILES string of the molecule is CC1(C)OC/C=C/[C@H](OC(=O)NCC(F)F)[C@@H]2CC[C@H]2CN2C[C@@]3(CCCc4cc(Cl)ccc43)COc3ccc(cc32)S(=O)(=O)NC1=O. The van der Waals surface area contributed by atoms with Crippen molar-refractivity contribution in [3.8, 4) is 5.75 Å². The van der Waals surface area contributed by atoms with Gasteiger partial charge in [-0.3, -0.25) is 4.79 Å². The van der Waals surface area contributed by atoms with E-state index in [1.807, 2.05) is 12.1 Å². The first kappa shape index (κ1) is 34.4. The number of rotatable bonds is 3. The number of alkyl halides is 2. The van der Waals surface area contributed by atoms with Gasteiger partial charge in [0.2, 0.25) is 0 Å². The first-order chi connectivity index (χ1) is 22.8. The number of nitrogens with zero attached hydrogens (tertiary/aromatic N) is 1. The number of ether oxygens (including phenoxy) is 3. The summed E-state index contributed by atoms with van der Waals surface area (Å²) < 4.78 is 72.8. The Bertz CT molecular complexity index is 1710. The Morgan fingerprint density at radius 2 is 2.02 bits per heavy atom. The van der Waals surface area contributed by atoms with E-state index in [9.17, 15) is 26.8 Å². The van der Waals surface area contributed by atoms with Gasteiger partial charge in [0.05, 0.1) is 30.3 Å². The Morgan fingerprint density at radius 1 is 1.21 bits per heavy atom. The Kier molecular flexibility index (Phi) is 9.67. The molecule has 2 heterocycles. The van der Waals surface area contributed by atoms with Crippen LogP contribution in [0.4, 0.5) is 19.3 Å². The van der Waals surface area contributed by atoms with Crippen LogP contribution < -0.4 is 19.7 Å². The molecule has 1 fully saturated rings. The zero-order valence-corrected chi connectivity index (χ0v) is 28.4. The molecule has 0 saturated heterocycles. The monoisotopic (exact) mass is 707 g/mol. The average Bonchev–Trinajstić information content (AvgIpc) is 3.16. The van der Waals surface area contributed by atoms with Gasteiger partial charge in [0.15, 0.2) is 0 Å². The molecule has 2 N–H and O–H groups in total. The van der Waals surface area contributed by atoms with Gasteiger partial charge in [-0.05, 0) is 99.4 Å². The van der Waals surface area contributed by atoms with Crippen molar-refractivity contribution >= 4 is 39.3 Å². The van der Waals surface area contributed by atoms with Gasteiger partial charge in [0.25, 0.3) is 22.4 Å². The Labute approximate surface area is 284 Å². The molecule has 0 radical (unpaired) electrons. The molecule has 1 spiro atoms. The van der Waals surface area contributed by atoms with Crippen molar-refractivity contribution in [3.63, 3.8) is 0 Å². The van der Waals surface area contributed by atoms with Crippen LogP contribution in [0.2, 0.25) is 5.02 Å². The lowest BCUT2D eigenvalue weighted by atomic mass is 9.68. The number of hydrogen-bond acceptors (Lipinski definition) is 8. The third-order valence-corrected chi connectivity index (χ3v) is 11.5. The van der Waals surface area contributed by atoms with Gasteiger partial charge in [0.1, 0.15) is 17.5 Å². The van der Waals surface area contributed by atoms with Crippen molar-refractivity contribution in [2.75, 3.05) is 37.7 Å². The van der Waals surface area contributed by atoms with Crippen LogP contribution in [0.3, 0.4) is 0 Å². The molecule has 14 heteroatoms. The summed E-state index contributed by atoms with van der Waals surface area (Å²) in [7, 11) is -4.29. The molecule has 2 aromatic rings. The number of halogens is 3. The quantitative estimate of drug-likeness (QED) is 0.409. The van der Waals surface area contributed by atoms with Crippen LogP contribution in [0.1, 0.15) is 50.7 Å². The molecule has 4 aliphatic rings. The molecule has 2 aromatic carbocycles. The van der Waals surface area contributed by atoms with Crippen LogP contribution in [0, 0.1) is 11.8 Å². The second kappa shape index (κ2) is 13.5. The molecule has 2 aliphatic carbocycles. The van der Waals surface area contributed by atoms with E-state index in [1.165, 1.54) is 26.0 Å². The molecule has 10 nitrogen and oxygen atoms in total. The first-order valence-electron chi connectivity index (χ1n) is 16.2. The predicted molar refractivity (Wildman–Crippen MR) is 175 cm³/mol. The van der Waals surface area contributed by atoms with E-state index in [4.69, 9.17) is 25.8 Å². The highest BCUT2D eigenvalue weighted by molar-refractivity contribution is 7.90. The number of fused-ring (bicyclic) bond motifs is 4. The zero-order chi connectivity index (χ0) is 34.3. The number of sulfonamides is 1. The highest BCUT2D eigenvalue weighted by atomic mass is 35.5. The predicted octanol–water partition coefficient (Wildman–Crippen LogP) is 5.37. The molecule has 2 aliphatic heterocycles.